The van der Waals surface area contributed by atoms with Crippen molar-refractivity contribution < 1.29 is 0 Å². The van der Waals surface area contributed by atoms with Crippen LogP contribution in [0.2, 0.25) is 5.02 Å². The average Bonchev–Trinajstić information content (AvgIpc) is 2.37. The van der Waals surface area contributed by atoms with Gasteiger partial charge in [-0.25, -0.2) is 0 Å². The molecule has 20 heavy (non-hydrogen) atoms. The number of halogens is 1. The quantitative estimate of drug-likeness (QED) is 0.779. The van der Waals surface area contributed by atoms with E-state index in [1.54, 1.807) is 0 Å². The molecule has 0 saturated heterocycles. The Labute approximate surface area is 127 Å². The minimum atomic E-state index is 0.126. The van der Waals surface area contributed by atoms with Gasteiger partial charge in [0, 0.05) is 17.3 Å². The highest BCUT2D eigenvalue weighted by Gasteiger charge is 2.17. The maximum atomic E-state index is 6.29. The third-order valence-electron chi connectivity index (χ3n) is 3.41. The number of aryl methyl sites for hydroxylation is 1. The largest absolute Gasteiger partial charge is 0.381 e. The molecule has 1 nitrogen and oxygen atoms in total. The van der Waals surface area contributed by atoms with E-state index >= 15 is 0 Å². The number of anilines is 1. The molecule has 2 aromatic carbocycles. The summed E-state index contributed by atoms with van der Waals surface area (Å²) in [6.07, 6.45) is 0. The zero-order valence-electron chi connectivity index (χ0n) is 12.6. The number of nitrogens with one attached hydrogen (secondary N) is 1. The van der Waals surface area contributed by atoms with Crippen LogP contribution < -0.4 is 5.32 Å². The van der Waals surface area contributed by atoms with Crippen molar-refractivity contribution in [3.05, 3.63) is 64.2 Å². The molecule has 0 fully saturated rings. The second kappa shape index (κ2) is 5.88. The summed E-state index contributed by atoms with van der Waals surface area (Å²) in [6, 6.07) is 14.7. The lowest BCUT2D eigenvalue weighted by Crippen LogP contribution is -2.14. The Bertz CT molecular complexity index is 597. The van der Waals surface area contributed by atoms with E-state index in [2.05, 4.69) is 69.4 Å². The van der Waals surface area contributed by atoms with Crippen LogP contribution >= 0.6 is 11.6 Å². The van der Waals surface area contributed by atoms with Crippen LogP contribution in [0.3, 0.4) is 0 Å². The predicted molar refractivity (Wildman–Crippen MR) is 88.7 cm³/mol. The van der Waals surface area contributed by atoms with Crippen molar-refractivity contribution >= 4 is 17.3 Å². The minimum absolute atomic E-state index is 0.126. The van der Waals surface area contributed by atoms with Gasteiger partial charge in [-0.2, -0.15) is 0 Å². The monoisotopic (exact) mass is 287 g/mol. The van der Waals surface area contributed by atoms with Crippen LogP contribution in [0.25, 0.3) is 0 Å². The third-order valence-corrected chi connectivity index (χ3v) is 3.76. The van der Waals surface area contributed by atoms with E-state index in [1.165, 1.54) is 16.8 Å². The molecule has 0 heterocycles. The molecule has 0 aliphatic heterocycles. The fourth-order valence-electron chi connectivity index (χ4n) is 2.28. The average molecular weight is 288 g/mol. The molecule has 0 radical (unpaired) electrons. The highest BCUT2D eigenvalue weighted by atomic mass is 35.5. The lowest BCUT2D eigenvalue weighted by atomic mass is 9.86. The van der Waals surface area contributed by atoms with Gasteiger partial charge in [0.1, 0.15) is 0 Å². The van der Waals surface area contributed by atoms with Gasteiger partial charge in [0.05, 0.1) is 0 Å². The molecule has 0 aliphatic rings. The molecular weight excluding hydrogens is 266 g/mol. The van der Waals surface area contributed by atoms with Crippen molar-refractivity contribution in [1.29, 1.82) is 0 Å². The Kier molecular flexibility index (Phi) is 4.39. The first-order valence-electron chi connectivity index (χ1n) is 6.96. The molecule has 2 heteroatoms. The number of hydrogen-bond donors (Lipinski definition) is 1. The van der Waals surface area contributed by atoms with Crippen LogP contribution in [-0.4, -0.2) is 0 Å². The third kappa shape index (κ3) is 3.55. The smallest absolute Gasteiger partial charge is 0.0458 e. The second-order valence-corrected chi connectivity index (χ2v) is 6.65. The molecule has 0 saturated carbocycles. The Morgan fingerprint density at radius 2 is 1.75 bits per heavy atom. The standard InChI is InChI=1S/C18H22ClN/c1-13-9-10-14(16(19)11-13)12-20-17-8-6-5-7-15(17)18(2,3)4/h5-11,20H,12H2,1-4H3. The number of rotatable bonds is 3. The minimum Gasteiger partial charge on any atom is -0.381 e. The Balaban J connectivity index is 2.19. The fourth-order valence-corrected chi connectivity index (χ4v) is 2.58. The van der Waals surface area contributed by atoms with E-state index in [9.17, 15) is 0 Å². The van der Waals surface area contributed by atoms with E-state index in [-0.39, 0.29) is 5.41 Å². The van der Waals surface area contributed by atoms with Crippen LogP contribution in [0.1, 0.15) is 37.5 Å². The maximum absolute atomic E-state index is 6.29. The van der Waals surface area contributed by atoms with Crippen LogP contribution in [0.5, 0.6) is 0 Å². The van der Waals surface area contributed by atoms with Crippen molar-refractivity contribution in [1.82, 2.24) is 0 Å². The van der Waals surface area contributed by atoms with Crippen LogP contribution in [0, 0.1) is 6.92 Å². The molecule has 0 atom stereocenters. The van der Waals surface area contributed by atoms with Gasteiger partial charge in [-0.05, 0) is 41.2 Å². The lowest BCUT2D eigenvalue weighted by Gasteiger charge is -2.23. The Morgan fingerprint density at radius 3 is 2.40 bits per heavy atom. The van der Waals surface area contributed by atoms with Crippen molar-refractivity contribution in [3.63, 3.8) is 0 Å². The highest BCUT2D eigenvalue weighted by Crippen LogP contribution is 2.30. The molecule has 0 aliphatic carbocycles. The van der Waals surface area contributed by atoms with Crippen LogP contribution in [0.4, 0.5) is 5.69 Å². The molecule has 0 unspecified atom stereocenters. The molecule has 2 aromatic rings. The maximum Gasteiger partial charge on any atom is 0.0458 e. The summed E-state index contributed by atoms with van der Waals surface area (Å²) in [4.78, 5) is 0. The van der Waals surface area contributed by atoms with E-state index < -0.39 is 0 Å². The first-order chi connectivity index (χ1) is 9.38. The van der Waals surface area contributed by atoms with Gasteiger partial charge in [-0.1, -0.05) is 62.7 Å². The summed E-state index contributed by atoms with van der Waals surface area (Å²) in [6.45, 7) is 9.48. The van der Waals surface area contributed by atoms with Crippen molar-refractivity contribution in [3.8, 4) is 0 Å². The van der Waals surface area contributed by atoms with Gasteiger partial charge in [0.25, 0.3) is 0 Å². The van der Waals surface area contributed by atoms with Gasteiger partial charge in [-0.15, -0.1) is 0 Å². The first kappa shape index (κ1) is 14.9. The number of hydrogen-bond acceptors (Lipinski definition) is 1. The van der Waals surface area contributed by atoms with Crippen molar-refractivity contribution in [2.24, 2.45) is 0 Å². The summed E-state index contributed by atoms with van der Waals surface area (Å²) in [5.41, 5.74) is 4.94. The lowest BCUT2D eigenvalue weighted by molar-refractivity contribution is 0.591. The molecule has 1 N–H and O–H groups in total. The molecule has 0 spiro atoms. The molecule has 0 amide bonds. The van der Waals surface area contributed by atoms with E-state index in [0.29, 0.717) is 0 Å². The second-order valence-electron chi connectivity index (χ2n) is 6.24. The summed E-state index contributed by atoms with van der Waals surface area (Å²) < 4.78 is 0. The highest BCUT2D eigenvalue weighted by molar-refractivity contribution is 6.31. The number of benzene rings is 2. The van der Waals surface area contributed by atoms with Crippen molar-refractivity contribution in [2.45, 2.75) is 39.7 Å². The molecular formula is C18H22ClN. The topological polar surface area (TPSA) is 12.0 Å². The Morgan fingerprint density at radius 1 is 1.05 bits per heavy atom. The van der Waals surface area contributed by atoms with Crippen molar-refractivity contribution in [2.75, 3.05) is 5.32 Å². The number of para-hydroxylation sites is 1. The van der Waals surface area contributed by atoms with E-state index in [1.807, 2.05) is 6.07 Å². The zero-order valence-corrected chi connectivity index (χ0v) is 13.4. The summed E-state index contributed by atoms with van der Waals surface area (Å²) in [7, 11) is 0. The van der Waals surface area contributed by atoms with Gasteiger partial charge < -0.3 is 5.32 Å². The van der Waals surface area contributed by atoms with Gasteiger partial charge in [0.2, 0.25) is 0 Å². The SMILES string of the molecule is Cc1ccc(CNc2ccccc2C(C)(C)C)c(Cl)c1. The zero-order chi connectivity index (χ0) is 14.8. The van der Waals surface area contributed by atoms with Gasteiger partial charge >= 0.3 is 0 Å². The van der Waals surface area contributed by atoms with Crippen LogP contribution in [-0.2, 0) is 12.0 Å². The normalized spacial score (nSPS) is 11.4. The Hall–Kier alpha value is -1.47. The van der Waals surface area contributed by atoms with Crippen LogP contribution in [0.15, 0.2) is 42.5 Å². The fraction of sp³-hybridized carbons (Fsp3) is 0.333. The predicted octanol–water partition coefficient (Wildman–Crippen LogP) is 5.56. The van der Waals surface area contributed by atoms with Gasteiger partial charge in [-0.3, -0.25) is 0 Å². The van der Waals surface area contributed by atoms with Gasteiger partial charge in [0.15, 0.2) is 0 Å². The molecule has 2 rings (SSSR count). The summed E-state index contributed by atoms with van der Waals surface area (Å²) >= 11 is 6.29. The molecule has 106 valence electrons. The first-order valence-corrected chi connectivity index (χ1v) is 7.34. The van der Waals surface area contributed by atoms with E-state index in [0.717, 1.165) is 17.1 Å². The summed E-state index contributed by atoms with van der Waals surface area (Å²) in [5.74, 6) is 0. The summed E-state index contributed by atoms with van der Waals surface area (Å²) in [5, 5.41) is 4.34. The van der Waals surface area contributed by atoms with E-state index in [4.69, 9.17) is 11.6 Å². The molecule has 0 bridgehead atoms. The molecule has 0 aromatic heterocycles.